The molecule has 4 heteroatoms. The number of hydrogen-bond donors (Lipinski definition) is 2. The molecular weight excluding hydrogens is 232 g/mol. The van der Waals surface area contributed by atoms with Gasteiger partial charge in [-0.1, -0.05) is 29.8 Å². The summed E-state index contributed by atoms with van der Waals surface area (Å²) in [4.78, 5) is 11.5. The standard InChI is InChI=1S/C13H20N2OS/c1-11-3-5-12(6-4-11)9-15-13(16)10-17-8-2-7-14/h3-6H,2,7-10,14H2,1H3,(H,15,16). The average Bonchev–Trinajstić information content (AvgIpc) is 2.34. The first-order valence-corrected chi connectivity index (χ1v) is 6.98. The van der Waals surface area contributed by atoms with E-state index >= 15 is 0 Å². The summed E-state index contributed by atoms with van der Waals surface area (Å²) in [5.41, 5.74) is 7.75. The van der Waals surface area contributed by atoms with Crippen LogP contribution in [0.4, 0.5) is 0 Å². The molecule has 0 spiro atoms. The Morgan fingerprint density at radius 2 is 2.06 bits per heavy atom. The molecule has 1 aromatic rings. The smallest absolute Gasteiger partial charge is 0.230 e. The van der Waals surface area contributed by atoms with Crippen molar-refractivity contribution in [2.45, 2.75) is 19.9 Å². The number of nitrogens with two attached hydrogens (primary N) is 1. The van der Waals surface area contributed by atoms with E-state index in [1.54, 1.807) is 11.8 Å². The molecule has 17 heavy (non-hydrogen) atoms. The number of aryl methyl sites for hydroxylation is 1. The van der Waals surface area contributed by atoms with E-state index in [2.05, 4.69) is 24.4 Å². The van der Waals surface area contributed by atoms with E-state index in [0.717, 1.165) is 17.7 Å². The van der Waals surface area contributed by atoms with Gasteiger partial charge in [-0.05, 0) is 31.2 Å². The predicted molar refractivity (Wildman–Crippen MR) is 74.0 cm³/mol. The topological polar surface area (TPSA) is 55.1 Å². The van der Waals surface area contributed by atoms with Gasteiger partial charge in [0.2, 0.25) is 5.91 Å². The minimum absolute atomic E-state index is 0.0904. The van der Waals surface area contributed by atoms with Gasteiger partial charge in [-0.15, -0.1) is 0 Å². The Labute approximate surface area is 107 Å². The number of nitrogens with one attached hydrogen (secondary N) is 1. The van der Waals surface area contributed by atoms with Gasteiger partial charge < -0.3 is 11.1 Å². The van der Waals surface area contributed by atoms with E-state index in [9.17, 15) is 4.79 Å². The number of carbonyl (C=O) groups is 1. The lowest BCUT2D eigenvalue weighted by Gasteiger charge is -2.05. The van der Waals surface area contributed by atoms with Crippen molar-refractivity contribution in [1.82, 2.24) is 5.32 Å². The van der Waals surface area contributed by atoms with E-state index in [-0.39, 0.29) is 5.91 Å². The monoisotopic (exact) mass is 252 g/mol. The van der Waals surface area contributed by atoms with Crippen LogP contribution in [-0.4, -0.2) is 24.0 Å². The van der Waals surface area contributed by atoms with Crippen LogP contribution in [0, 0.1) is 6.92 Å². The molecule has 0 heterocycles. The fourth-order valence-corrected chi connectivity index (χ4v) is 2.11. The van der Waals surface area contributed by atoms with Gasteiger partial charge in [-0.25, -0.2) is 0 Å². The zero-order valence-corrected chi connectivity index (χ0v) is 11.1. The molecule has 0 saturated carbocycles. The number of hydrogen-bond acceptors (Lipinski definition) is 3. The third-order valence-electron chi connectivity index (χ3n) is 2.34. The molecule has 0 radical (unpaired) electrons. The fraction of sp³-hybridized carbons (Fsp3) is 0.462. The lowest BCUT2D eigenvalue weighted by atomic mass is 10.1. The summed E-state index contributed by atoms with van der Waals surface area (Å²) in [6, 6.07) is 8.18. The first-order valence-electron chi connectivity index (χ1n) is 5.82. The number of thioether (sulfide) groups is 1. The second kappa shape index (κ2) is 8.14. The van der Waals surface area contributed by atoms with Crippen LogP contribution >= 0.6 is 11.8 Å². The molecular formula is C13H20N2OS. The largest absolute Gasteiger partial charge is 0.351 e. The van der Waals surface area contributed by atoms with Gasteiger partial charge in [0.05, 0.1) is 5.75 Å². The van der Waals surface area contributed by atoms with Gasteiger partial charge in [0, 0.05) is 6.54 Å². The summed E-state index contributed by atoms with van der Waals surface area (Å²) in [6.07, 6.45) is 0.968. The van der Waals surface area contributed by atoms with Crippen LogP contribution in [0.3, 0.4) is 0 Å². The maximum atomic E-state index is 11.5. The Balaban J connectivity index is 2.17. The second-order valence-electron chi connectivity index (χ2n) is 3.96. The van der Waals surface area contributed by atoms with Crippen molar-refractivity contribution in [3.63, 3.8) is 0 Å². The van der Waals surface area contributed by atoms with Crippen LogP contribution in [0.5, 0.6) is 0 Å². The first kappa shape index (κ1) is 14.1. The molecule has 0 saturated heterocycles. The Morgan fingerprint density at radius 1 is 1.35 bits per heavy atom. The summed E-state index contributed by atoms with van der Waals surface area (Å²) in [7, 11) is 0. The predicted octanol–water partition coefficient (Wildman–Crippen LogP) is 1.69. The fourth-order valence-electron chi connectivity index (χ4n) is 1.31. The molecule has 0 aliphatic rings. The molecule has 3 nitrogen and oxygen atoms in total. The van der Waals surface area contributed by atoms with Crippen LogP contribution in [0.2, 0.25) is 0 Å². The van der Waals surface area contributed by atoms with Crippen molar-refractivity contribution in [3.05, 3.63) is 35.4 Å². The molecule has 1 amide bonds. The summed E-state index contributed by atoms with van der Waals surface area (Å²) in [5.74, 6) is 1.56. The maximum absolute atomic E-state index is 11.5. The highest BCUT2D eigenvalue weighted by Gasteiger charge is 2.01. The zero-order valence-electron chi connectivity index (χ0n) is 10.2. The Morgan fingerprint density at radius 3 is 2.71 bits per heavy atom. The molecule has 0 unspecified atom stereocenters. The Hall–Kier alpha value is -1.00. The van der Waals surface area contributed by atoms with Gasteiger partial charge in [-0.2, -0.15) is 11.8 Å². The molecule has 1 rings (SSSR count). The molecule has 0 fully saturated rings. The van der Waals surface area contributed by atoms with Gasteiger partial charge in [0.25, 0.3) is 0 Å². The van der Waals surface area contributed by atoms with Crippen molar-refractivity contribution >= 4 is 17.7 Å². The normalized spacial score (nSPS) is 10.2. The van der Waals surface area contributed by atoms with Gasteiger partial charge >= 0.3 is 0 Å². The van der Waals surface area contributed by atoms with Gasteiger partial charge in [0.15, 0.2) is 0 Å². The van der Waals surface area contributed by atoms with E-state index in [1.165, 1.54) is 5.56 Å². The lowest BCUT2D eigenvalue weighted by molar-refractivity contribution is -0.118. The highest BCUT2D eigenvalue weighted by molar-refractivity contribution is 7.99. The highest BCUT2D eigenvalue weighted by Crippen LogP contribution is 2.04. The minimum atomic E-state index is 0.0904. The number of benzene rings is 1. The second-order valence-corrected chi connectivity index (χ2v) is 5.06. The number of carbonyl (C=O) groups excluding carboxylic acids is 1. The molecule has 0 atom stereocenters. The summed E-state index contributed by atoms with van der Waals surface area (Å²) >= 11 is 1.63. The van der Waals surface area contributed by atoms with Gasteiger partial charge in [0.1, 0.15) is 0 Å². The summed E-state index contributed by atoms with van der Waals surface area (Å²) in [5, 5.41) is 2.90. The van der Waals surface area contributed by atoms with Crippen molar-refractivity contribution in [3.8, 4) is 0 Å². The molecule has 0 aromatic heterocycles. The molecule has 0 bridgehead atoms. The zero-order chi connectivity index (χ0) is 12.5. The third kappa shape index (κ3) is 6.34. The summed E-state index contributed by atoms with van der Waals surface area (Å²) in [6.45, 7) is 3.35. The van der Waals surface area contributed by atoms with Crippen molar-refractivity contribution in [1.29, 1.82) is 0 Å². The van der Waals surface area contributed by atoms with Gasteiger partial charge in [-0.3, -0.25) is 4.79 Å². The highest BCUT2D eigenvalue weighted by atomic mass is 32.2. The summed E-state index contributed by atoms with van der Waals surface area (Å²) < 4.78 is 0. The molecule has 3 N–H and O–H groups in total. The average molecular weight is 252 g/mol. The van der Waals surface area contributed by atoms with Crippen LogP contribution in [-0.2, 0) is 11.3 Å². The lowest BCUT2D eigenvalue weighted by Crippen LogP contribution is -2.24. The van der Waals surface area contributed by atoms with E-state index in [0.29, 0.717) is 18.8 Å². The van der Waals surface area contributed by atoms with Crippen LogP contribution in [0.25, 0.3) is 0 Å². The van der Waals surface area contributed by atoms with E-state index in [4.69, 9.17) is 5.73 Å². The van der Waals surface area contributed by atoms with Crippen LogP contribution < -0.4 is 11.1 Å². The van der Waals surface area contributed by atoms with Crippen LogP contribution in [0.1, 0.15) is 17.5 Å². The molecule has 0 aliphatic heterocycles. The third-order valence-corrected chi connectivity index (χ3v) is 3.38. The van der Waals surface area contributed by atoms with Crippen molar-refractivity contribution < 1.29 is 4.79 Å². The number of amides is 1. The first-order chi connectivity index (χ1) is 8.22. The van der Waals surface area contributed by atoms with Crippen molar-refractivity contribution in [2.75, 3.05) is 18.1 Å². The Kier molecular flexibility index (Phi) is 6.74. The Bertz CT molecular complexity index is 338. The van der Waals surface area contributed by atoms with Crippen molar-refractivity contribution in [2.24, 2.45) is 5.73 Å². The SMILES string of the molecule is Cc1ccc(CNC(=O)CSCCCN)cc1. The van der Waals surface area contributed by atoms with E-state index < -0.39 is 0 Å². The quantitative estimate of drug-likeness (QED) is 0.726. The van der Waals surface area contributed by atoms with E-state index in [1.807, 2.05) is 12.1 Å². The number of rotatable bonds is 7. The minimum Gasteiger partial charge on any atom is -0.351 e. The molecule has 1 aromatic carbocycles. The molecule has 94 valence electrons. The maximum Gasteiger partial charge on any atom is 0.230 e. The van der Waals surface area contributed by atoms with Crippen LogP contribution in [0.15, 0.2) is 24.3 Å². The molecule has 0 aliphatic carbocycles.